The number of rotatable bonds is 5. The number of morpholine rings is 1. The summed E-state index contributed by atoms with van der Waals surface area (Å²) < 4.78 is 5.79. The lowest BCUT2D eigenvalue weighted by Gasteiger charge is -2.33. The first-order valence-corrected chi connectivity index (χ1v) is 9.11. The molecule has 7 nitrogen and oxygen atoms in total. The van der Waals surface area contributed by atoms with Crippen LogP contribution in [0.3, 0.4) is 0 Å². The van der Waals surface area contributed by atoms with E-state index in [1.807, 2.05) is 0 Å². The third kappa shape index (κ3) is 4.22. The van der Waals surface area contributed by atoms with E-state index in [9.17, 15) is 14.4 Å². The average molecular weight is 359 g/mol. The maximum atomic E-state index is 12.8. The number of hydrogen-bond donors (Lipinski definition) is 2. The number of nitrogens with zero attached hydrogens (tertiary/aromatic N) is 1. The molecule has 2 aromatic rings. The number of H-pyrrole nitrogens is 2. The minimum Gasteiger partial charge on any atom is -0.375 e. The molecule has 26 heavy (non-hydrogen) atoms. The minimum atomic E-state index is -0.723. The topological polar surface area (TPSA) is 95.3 Å². The number of fused-ring (bicyclic) bond motifs is 1. The molecule has 0 bridgehead atoms. The van der Waals surface area contributed by atoms with Crippen molar-refractivity contribution in [2.45, 2.75) is 39.2 Å². The molecule has 1 aromatic carbocycles. The molecule has 0 unspecified atom stereocenters. The van der Waals surface area contributed by atoms with Gasteiger partial charge in [-0.15, -0.1) is 0 Å². The van der Waals surface area contributed by atoms with Gasteiger partial charge in [-0.2, -0.15) is 0 Å². The molecule has 0 spiro atoms. The normalized spacial score (nSPS) is 17.8. The van der Waals surface area contributed by atoms with Gasteiger partial charge >= 0.3 is 11.1 Å². The van der Waals surface area contributed by atoms with Gasteiger partial charge in [-0.1, -0.05) is 26.7 Å². The van der Waals surface area contributed by atoms with E-state index in [1.165, 1.54) is 0 Å². The molecule has 7 heteroatoms. The standard InChI is InChI=1S/C19H25N3O4/c1-12(2)4-3-5-14-11-22(8-9-26-14)19(25)13-6-7-15-16(10-13)21-18(24)17(23)20-15/h6-7,10,12,14H,3-5,8-9,11H2,1-2H3,(H,20,23)(H,21,24)/t14-/m1/s1. The minimum absolute atomic E-state index is 0.0723. The van der Waals surface area contributed by atoms with Gasteiger partial charge in [0.15, 0.2) is 0 Å². The maximum absolute atomic E-state index is 12.8. The zero-order chi connectivity index (χ0) is 18.7. The number of benzene rings is 1. The second kappa shape index (κ2) is 7.86. The Hall–Kier alpha value is -2.41. The Morgan fingerprint density at radius 3 is 2.69 bits per heavy atom. The second-order valence-corrected chi connectivity index (χ2v) is 7.24. The summed E-state index contributed by atoms with van der Waals surface area (Å²) in [6, 6.07) is 4.92. The number of ether oxygens (including phenoxy) is 1. The average Bonchev–Trinajstić information content (AvgIpc) is 2.62. The Morgan fingerprint density at radius 2 is 1.96 bits per heavy atom. The molecule has 1 atom stereocenters. The van der Waals surface area contributed by atoms with Crippen molar-refractivity contribution in [1.29, 1.82) is 0 Å². The quantitative estimate of drug-likeness (QED) is 0.797. The van der Waals surface area contributed by atoms with Crippen LogP contribution in [0.4, 0.5) is 0 Å². The third-order valence-corrected chi connectivity index (χ3v) is 4.70. The SMILES string of the molecule is CC(C)CCC[C@@H]1CN(C(=O)c2ccc3[nH]c(=O)c(=O)[nH]c3c2)CCO1. The van der Waals surface area contributed by atoms with Crippen molar-refractivity contribution in [3.63, 3.8) is 0 Å². The number of amides is 1. The van der Waals surface area contributed by atoms with Crippen LogP contribution in [0.15, 0.2) is 27.8 Å². The predicted molar refractivity (Wildman–Crippen MR) is 99.5 cm³/mol. The number of carbonyl (C=O) groups excluding carboxylic acids is 1. The Balaban J connectivity index is 1.72. The lowest BCUT2D eigenvalue weighted by Crippen LogP contribution is -2.45. The molecule has 2 N–H and O–H groups in total. The summed E-state index contributed by atoms with van der Waals surface area (Å²) in [5, 5.41) is 0. The van der Waals surface area contributed by atoms with Crippen LogP contribution in [-0.4, -0.2) is 46.6 Å². The van der Waals surface area contributed by atoms with Gasteiger partial charge in [-0.05, 0) is 30.5 Å². The lowest BCUT2D eigenvalue weighted by atomic mass is 10.0. The van der Waals surface area contributed by atoms with E-state index < -0.39 is 11.1 Å². The lowest BCUT2D eigenvalue weighted by molar-refractivity contribution is -0.0260. The van der Waals surface area contributed by atoms with Crippen molar-refractivity contribution in [2.75, 3.05) is 19.7 Å². The second-order valence-electron chi connectivity index (χ2n) is 7.24. The maximum Gasteiger partial charge on any atom is 0.314 e. The number of aromatic amines is 2. The van der Waals surface area contributed by atoms with Gasteiger partial charge in [0.05, 0.1) is 23.7 Å². The molecule has 140 valence electrons. The van der Waals surface area contributed by atoms with Gasteiger partial charge in [0.1, 0.15) is 0 Å². The number of nitrogens with one attached hydrogen (secondary N) is 2. The summed E-state index contributed by atoms with van der Waals surface area (Å²) in [5.41, 5.74) is 0.0117. The zero-order valence-corrected chi connectivity index (χ0v) is 15.2. The van der Waals surface area contributed by atoms with E-state index in [2.05, 4.69) is 23.8 Å². The van der Waals surface area contributed by atoms with Crippen molar-refractivity contribution in [2.24, 2.45) is 5.92 Å². The smallest absolute Gasteiger partial charge is 0.314 e. The summed E-state index contributed by atoms with van der Waals surface area (Å²) in [7, 11) is 0. The molecule has 1 aliphatic rings. The highest BCUT2D eigenvalue weighted by molar-refractivity contribution is 5.97. The van der Waals surface area contributed by atoms with Crippen LogP contribution in [0, 0.1) is 5.92 Å². The molecule has 0 aliphatic carbocycles. The molecule has 1 aromatic heterocycles. The molecule has 3 rings (SSSR count). The van der Waals surface area contributed by atoms with Crippen molar-refractivity contribution >= 4 is 16.9 Å². The van der Waals surface area contributed by atoms with Crippen molar-refractivity contribution in [3.05, 3.63) is 44.5 Å². The van der Waals surface area contributed by atoms with E-state index in [1.54, 1.807) is 23.1 Å². The Bertz CT molecular complexity index is 900. The molecular formula is C19H25N3O4. The first-order valence-electron chi connectivity index (χ1n) is 9.11. The van der Waals surface area contributed by atoms with Gasteiger partial charge in [0, 0.05) is 18.7 Å². The van der Waals surface area contributed by atoms with E-state index >= 15 is 0 Å². The van der Waals surface area contributed by atoms with E-state index in [0.717, 1.165) is 19.3 Å². The largest absolute Gasteiger partial charge is 0.375 e. The summed E-state index contributed by atoms with van der Waals surface area (Å²) >= 11 is 0. The van der Waals surface area contributed by atoms with Gasteiger partial charge in [-0.25, -0.2) is 0 Å². The van der Waals surface area contributed by atoms with Crippen LogP contribution in [0.2, 0.25) is 0 Å². The number of carbonyl (C=O) groups is 1. The summed E-state index contributed by atoms with van der Waals surface area (Å²) in [6.07, 6.45) is 3.27. The Kier molecular flexibility index (Phi) is 5.56. The first kappa shape index (κ1) is 18.4. The Morgan fingerprint density at radius 1 is 1.23 bits per heavy atom. The van der Waals surface area contributed by atoms with Crippen molar-refractivity contribution in [1.82, 2.24) is 14.9 Å². The monoisotopic (exact) mass is 359 g/mol. The molecule has 1 aliphatic heterocycles. The van der Waals surface area contributed by atoms with Gasteiger partial charge in [0.2, 0.25) is 0 Å². The van der Waals surface area contributed by atoms with Gasteiger partial charge in [0.25, 0.3) is 5.91 Å². The third-order valence-electron chi connectivity index (χ3n) is 4.70. The Labute approximate surface area is 151 Å². The van der Waals surface area contributed by atoms with Crippen LogP contribution in [-0.2, 0) is 4.74 Å². The van der Waals surface area contributed by atoms with Crippen molar-refractivity contribution in [3.8, 4) is 0 Å². The van der Waals surface area contributed by atoms with Crippen LogP contribution in [0.5, 0.6) is 0 Å². The molecule has 1 saturated heterocycles. The summed E-state index contributed by atoms with van der Waals surface area (Å²) in [6.45, 7) is 6.08. The van der Waals surface area contributed by atoms with E-state index in [0.29, 0.717) is 42.2 Å². The molecule has 1 fully saturated rings. The fraction of sp³-hybridized carbons (Fsp3) is 0.526. The van der Waals surface area contributed by atoms with E-state index in [-0.39, 0.29) is 12.0 Å². The number of aromatic nitrogens is 2. The molecular weight excluding hydrogens is 334 g/mol. The van der Waals surface area contributed by atoms with Gasteiger partial charge < -0.3 is 19.6 Å². The van der Waals surface area contributed by atoms with Gasteiger partial charge in [-0.3, -0.25) is 14.4 Å². The molecule has 1 amide bonds. The summed E-state index contributed by atoms with van der Waals surface area (Å²) in [4.78, 5) is 42.5. The highest BCUT2D eigenvalue weighted by Gasteiger charge is 2.25. The van der Waals surface area contributed by atoms with Crippen LogP contribution >= 0.6 is 0 Å². The van der Waals surface area contributed by atoms with E-state index in [4.69, 9.17) is 4.74 Å². The van der Waals surface area contributed by atoms with Crippen LogP contribution in [0.1, 0.15) is 43.5 Å². The molecule has 0 radical (unpaired) electrons. The fourth-order valence-corrected chi connectivity index (χ4v) is 3.26. The number of hydrogen-bond acceptors (Lipinski definition) is 4. The van der Waals surface area contributed by atoms with Crippen molar-refractivity contribution < 1.29 is 9.53 Å². The predicted octanol–water partition coefficient (Wildman–Crippen LogP) is 1.88. The van der Waals surface area contributed by atoms with Crippen LogP contribution in [0.25, 0.3) is 11.0 Å². The first-order chi connectivity index (χ1) is 12.4. The molecule has 0 saturated carbocycles. The van der Waals surface area contributed by atoms with Crippen LogP contribution < -0.4 is 11.1 Å². The summed E-state index contributed by atoms with van der Waals surface area (Å²) in [5.74, 6) is 0.582. The molecule has 2 heterocycles. The highest BCUT2D eigenvalue weighted by Crippen LogP contribution is 2.17. The highest BCUT2D eigenvalue weighted by atomic mass is 16.5. The fourth-order valence-electron chi connectivity index (χ4n) is 3.26. The zero-order valence-electron chi connectivity index (χ0n) is 15.2.